The van der Waals surface area contributed by atoms with Crippen molar-refractivity contribution in [2.24, 2.45) is 0 Å². The second-order valence-electron chi connectivity index (χ2n) is 7.10. The number of rotatable bonds is 5. The van der Waals surface area contributed by atoms with E-state index in [0.29, 0.717) is 23.9 Å². The van der Waals surface area contributed by atoms with Crippen LogP contribution < -0.4 is 4.90 Å². The molecule has 26 heavy (non-hydrogen) atoms. The number of hydrogen-bond acceptors (Lipinski definition) is 3. The zero-order valence-electron chi connectivity index (χ0n) is 15.9. The Balaban J connectivity index is 1.72. The van der Waals surface area contributed by atoms with Crippen molar-refractivity contribution in [1.29, 1.82) is 0 Å². The number of benzene rings is 2. The molecule has 5 heteroatoms. The van der Waals surface area contributed by atoms with E-state index in [-0.39, 0.29) is 0 Å². The third-order valence-electron chi connectivity index (χ3n) is 5.14. The smallest absolute Gasteiger partial charge is 0.243 e. The fraction of sp³-hybridized carbons (Fsp3) is 0.429. The molecule has 1 aliphatic heterocycles. The minimum Gasteiger partial charge on any atom is -0.369 e. The van der Waals surface area contributed by atoms with E-state index in [1.54, 1.807) is 16.4 Å². The molecule has 0 bridgehead atoms. The van der Waals surface area contributed by atoms with Crippen molar-refractivity contribution in [3.63, 3.8) is 0 Å². The Labute approximate surface area is 157 Å². The first-order valence-corrected chi connectivity index (χ1v) is 10.8. The van der Waals surface area contributed by atoms with Gasteiger partial charge in [0.25, 0.3) is 0 Å². The molecule has 1 fully saturated rings. The third kappa shape index (κ3) is 3.79. The Morgan fingerprint density at radius 1 is 0.923 bits per heavy atom. The summed E-state index contributed by atoms with van der Waals surface area (Å²) < 4.78 is 27.5. The largest absolute Gasteiger partial charge is 0.369 e. The van der Waals surface area contributed by atoms with Crippen LogP contribution in [-0.4, -0.2) is 38.9 Å². The van der Waals surface area contributed by atoms with Crippen LogP contribution in [0.4, 0.5) is 5.69 Å². The summed E-state index contributed by atoms with van der Waals surface area (Å²) in [6, 6.07) is 15.7. The molecule has 0 unspecified atom stereocenters. The predicted molar refractivity (Wildman–Crippen MR) is 107 cm³/mol. The molecule has 0 saturated carbocycles. The highest BCUT2D eigenvalue weighted by Crippen LogP contribution is 2.25. The summed E-state index contributed by atoms with van der Waals surface area (Å²) in [5, 5.41) is 0. The van der Waals surface area contributed by atoms with E-state index in [2.05, 4.69) is 43.9 Å². The molecule has 0 amide bonds. The topological polar surface area (TPSA) is 40.6 Å². The molecule has 1 aliphatic rings. The number of para-hydroxylation sites is 1. The van der Waals surface area contributed by atoms with E-state index in [0.717, 1.165) is 25.1 Å². The lowest BCUT2D eigenvalue weighted by Crippen LogP contribution is -2.48. The maximum atomic E-state index is 12.9. The maximum absolute atomic E-state index is 12.9. The van der Waals surface area contributed by atoms with Gasteiger partial charge >= 0.3 is 0 Å². The van der Waals surface area contributed by atoms with Crippen molar-refractivity contribution in [1.82, 2.24) is 4.31 Å². The Morgan fingerprint density at radius 2 is 1.54 bits per heavy atom. The minimum absolute atomic E-state index is 0.393. The molecular formula is C21H28N2O2S. The standard InChI is InChI=1S/C21H28N2O2S/c1-4-18-7-5-6-8-21(18)22-13-15-23(16-14-22)26(24,25)20-11-9-19(10-12-20)17(2)3/h5-12,17H,4,13-16H2,1-3H3. The molecule has 0 atom stereocenters. The van der Waals surface area contributed by atoms with Gasteiger partial charge in [0.1, 0.15) is 0 Å². The summed E-state index contributed by atoms with van der Waals surface area (Å²) in [5.41, 5.74) is 3.70. The lowest BCUT2D eigenvalue weighted by atomic mass is 10.0. The fourth-order valence-electron chi connectivity index (χ4n) is 3.46. The molecule has 0 aromatic heterocycles. The van der Waals surface area contributed by atoms with Crippen LogP contribution >= 0.6 is 0 Å². The average molecular weight is 373 g/mol. The van der Waals surface area contributed by atoms with Gasteiger partial charge in [0.2, 0.25) is 10.0 Å². The first-order chi connectivity index (χ1) is 12.4. The maximum Gasteiger partial charge on any atom is 0.243 e. The van der Waals surface area contributed by atoms with E-state index >= 15 is 0 Å². The zero-order valence-corrected chi connectivity index (χ0v) is 16.7. The number of piperazine rings is 1. The SMILES string of the molecule is CCc1ccccc1N1CCN(S(=O)(=O)c2ccc(C(C)C)cc2)CC1. The summed E-state index contributed by atoms with van der Waals surface area (Å²) in [6.07, 6.45) is 0.983. The molecule has 140 valence electrons. The summed E-state index contributed by atoms with van der Waals surface area (Å²) in [6.45, 7) is 8.85. The molecule has 2 aromatic carbocycles. The molecule has 2 aromatic rings. The molecule has 0 radical (unpaired) electrons. The minimum atomic E-state index is -3.42. The number of sulfonamides is 1. The Morgan fingerprint density at radius 3 is 2.12 bits per heavy atom. The van der Waals surface area contributed by atoms with E-state index in [1.165, 1.54) is 11.3 Å². The normalized spacial score (nSPS) is 16.2. The molecule has 0 N–H and O–H groups in total. The van der Waals surface area contributed by atoms with Crippen molar-refractivity contribution in [2.75, 3.05) is 31.1 Å². The van der Waals surface area contributed by atoms with E-state index in [9.17, 15) is 8.42 Å². The highest BCUT2D eigenvalue weighted by atomic mass is 32.2. The summed E-state index contributed by atoms with van der Waals surface area (Å²) in [5.74, 6) is 0.397. The van der Waals surface area contributed by atoms with Crippen molar-refractivity contribution in [3.05, 3.63) is 59.7 Å². The van der Waals surface area contributed by atoms with Crippen LogP contribution in [0.1, 0.15) is 37.8 Å². The highest BCUT2D eigenvalue weighted by Gasteiger charge is 2.29. The number of nitrogens with zero attached hydrogens (tertiary/aromatic N) is 2. The van der Waals surface area contributed by atoms with E-state index < -0.39 is 10.0 Å². The summed E-state index contributed by atoms with van der Waals surface area (Å²) in [7, 11) is -3.42. The monoisotopic (exact) mass is 372 g/mol. The number of anilines is 1. The number of hydrogen-bond donors (Lipinski definition) is 0. The van der Waals surface area contributed by atoms with Crippen LogP contribution in [-0.2, 0) is 16.4 Å². The Kier molecular flexibility index (Phi) is 5.68. The van der Waals surface area contributed by atoms with Crippen LogP contribution in [0, 0.1) is 0 Å². The van der Waals surface area contributed by atoms with Crippen LogP contribution in [0.25, 0.3) is 0 Å². The Bertz CT molecular complexity index is 837. The van der Waals surface area contributed by atoms with Gasteiger partial charge in [-0.2, -0.15) is 4.31 Å². The van der Waals surface area contributed by atoms with Crippen molar-refractivity contribution in [2.45, 2.75) is 38.0 Å². The fourth-order valence-corrected chi connectivity index (χ4v) is 4.88. The van der Waals surface area contributed by atoms with Crippen molar-refractivity contribution >= 4 is 15.7 Å². The highest BCUT2D eigenvalue weighted by molar-refractivity contribution is 7.89. The van der Waals surface area contributed by atoms with Gasteiger partial charge in [-0.05, 0) is 41.7 Å². The van der Waals surface area contributed by atoms with Crippen molar-refractivity contribution in [3.8, 4) is 0 Å². The van der Waals surface area contributed by atoms with Crippen LogP contribution in [0.5, 0.6) is 0 Å². The van der Waals surface area contributed by atoms with Gasteiger partial charge in [-0.25, -0.2) is 8.42 Å². The second kappa shape index (κ2) is 7.80. The Hall–Kier alpha value is -1.85. The average Bonchev–Trinajstić information content (AvgIpc) is 2.68. The lowest BCUT2D eigenvalue weighted by molar-refractivity contribution is 0.384. The third-order valence-corrected chi connectivity index (χ3v) is 7.05. The van der Waals surface area contributed by atoms with Gasteiger partial charge in [0.15, 0.2) is 0 Å². The lowest BCUT2D eigenvalue weighted by Gasteiger charge is -2.36. The molecule has 0 spiro atoms. The van der Waals surface area contributed by atoms with Crippen LogP contribution in [0.2, 0.25) is 0 Å². The van der Waals surface area contributed by atoms with E-state index in [4.69, 9.17) is 0 Å². The quantitative estimate of drug-likeness (QED) is 0.800. The molecular weight excluding hydrogens is 344 g/mol. The number of aryl methyl sites for hydroxylation is 1. The zero-order chi connectivity index (χ0) is 18.7. The van der Waals surface area contributed by atoms with E-state index in [1.807, 2.05) is 18.2 Å². The molecule has 1 saturated heterocycles. The summed E-state index contributed by atoms with van der Waals surface area (Å²) in [4.78, 5) is 2.69. The first kappa shape index (κ1) is 18.9. The van der Waals surface area contributed by atoms with Crippen LogP contribution in [0.3, 0.4) is 0 Å². The van der Waals surface area contributed by atoms with Gasteiger partial charge in [0, 0.05) is 31.9 Å². The van der Waals surface area contributed by atoms with Gasteiger partial charge in [-0.1, -0.05) is 51.1 Å². The summed E-state index contributed by atoms with van der Waals surface area (Å²) >= 11 is 0. The molecule has 3 rings (SSSR count). The second-order valence-corrected chi connectivity index (χ2v) is 9.04. The van der Waals surface area contributed by atoms with Gasteiger partial charge in [0.05, 0.1) is 4.90 Å². The van der Waals surface area contributed by atoms with Crippen molar-refractivity contribution < 1.29 is 8.42 Å². The predicted octanol–water partition coefficient (Wildman–Crippen LogP) is 3.88. The molecule has 1 heterocycles. The van der Waals surface area contributed by atoms with Gasteiger partial charge in [-0.3, -0.25) is 0 Å². The molecule has 4 nitrogen and oxygen atoms in total. The van der Waals surface area contributed by atoms with Gasteiger partial charge in [-0.15, -0.1) is 0 Å². The van der Waals surface area contributed by atoms with Crippen LogP contribution in [0.15, 0.2) is 53.4 Å². The molecule has 0 aliphatic carbocycles. The first-order valence-electron chi connectivity index (χ1n) is 9.36. The van der Waals surface area contributed by atoms with Gasteiger partial charge < -0.3 is 4.90 Å².